The summed E-state index contributed by atoms with van der Waals surface area (Å²) in [7, 11) is 3.27. The molecule has 0 aliphatic carbocycles. The number of hydrogen-bond acceptors (Lipinski definition) is 6. The lowest BCUT2D eigenvalue weighted by Gasteiger charge is -2.18. The zero-order valence-corrected chi connectivity index (χ0v) is 13.0. The Morgan fingerprint density at radius 2 is 1.81 bits per heavy atom. The van der Waals surface area contributed by atoms with E-state index in [9.17, 15) is 0 Å². The standard InChI is InChI=1S/C15H20N4O2/c1-9-10(2)18-19-15(16-9)17-11(3)13-7-6-12(20-4)8-14(13)21-5/h6-8,11H,1-5H3,(H,16,17,19)/t11-/m1/s1. The number of nitrogens with zero attached hydrogens (tertiary/aromatic N) is 3. The number of rotatable bonds is 5. The monoisotopic (exact) mass is 288 g/mol. The Balaban J connectivity index is 2.23. The van der Waals surface area contributed by atoms with Crippen molar-refractivity contribution in [1.29, 1.82) is 0 Å². The van der Waals surface area contributed by atoms with Gasteiger partial charge in [0.1, 0.15) is 11.5 Å². The zero-order chi connectivity index (χ0) is 15.4. The summed E-state index contributed by atoms with van der Waals surface area (Å²) >= 11 is 0. The first kappa shape index (κ1) is 15.0. The maximum absolute atomic E-state index is 5.41. The molecule has 1 heterocycles. The van der Waals surface area contributed by atoms with E-state index in [1.165, 1.54) is 0 Å². The van der Waals surface area contributed by atoms with Gasteiger partial charge in [-0.05, 0) is 32.9 Å². The van der Waals surface area contributed by atoms with Gasteiger partial charge in [-0.1, -0.05) is 0 Å². The van der Waals surface area contributed by atoms with Crippen LogP contribution in [0.15, 0.2) is 18.2 Å². The van der Waals surface area contributed by atoms with Crippen molar-refractivity contribution in [3.63, 3.8) is 0 Å². The molecule has 0 amide bonds. The SMILES string of the molecule is COc1ccc([C@@H](C)Nc2nnc(C)c(C)n2)c(OC)c1. The molecule has 1 aromatic carbocycles. The van der Waals surface area contributed by atoms with E-state index in [0.717, 1.165) is 28.5 Å². The van der Waals surface area contributed by atoms with Crippen molar-refractivity contribution in [2.45, 2.75) is 26.8 Å². The summed E-state index contributed by atoms with van der Waals surface area (Å²) in [5.41, 5.74) is 2.69. The Labute approximate surface area is 124 Å². The van der Waals surface area contributed by atoms with Crippen LogP contribution < -0.4 is 14.8 Å². The van der Waals surface area contributed by atoms with E-state index in [0.29, 0.717) is 5.95 Å². The molecule has 0 unspecified atom stereocenters. The third-order valence-corrected chi connectivity index (χ3v) is 3.34. The van der Waals surface area contributed by atoms with Crippen LogP contribution in [-0.4, -0.2) is 29.4 Å². The van der Waals surface area contributed by atoms with Crippen LogP contribution in [0.2, 0.25) is 0 Å². The van der Waals surface area contributed by atoms with Gasteiger partial charge in [-0.15, -0.1) is 5.10 Å². The number of ether oxygens (including phenoxy) is 2. The van der Waals surface area contributed by atoms with Crippen molar-refractivity contribution in [2.24, 2.45) is 0 Å². The first-order valence-electron chi connectivity index (χ1n) is 6.71. The smallest absolute Gasteiger partial charge is 0.243 e. The molecular formula is C15H20N4O2. The Kier molecular flexibility index (Phi) is 4.57. The van der Waals surface area contributed by atoms with Gasteiger partial charge in [0, 0.05) is 11.6 Å². The van der Waals surface area contributed by atoms with Gasteiger partial charge in [0.05, 0.1) is 31.6 Å². The molecule has 0 aliphatic rings. The van der Waals surface area contributed by atoms with Gasteiger partial charge in [-0.2, -0.15) is 5.10 Å². The fourth-order valence-corrected chi connectivity index (χ4v) is 1.97. The van der Waals surface area contributed by atoms with Crippen molar-refractivity contribution in [3.8, 4) is 11.5 Å². The minimum Gasteiger partial charge on any atom is -0.497 e. The van der Waals surface area contributed by atoms with Crippen LogP contribution >= 0.6 is 0 Å². The van der Waals surface area contributed by atoms with Crippen LogP contribution in [0.1, 0.15) is 29.9 Å². The van der Waals surface area contributed by atoms with E-state index in [1.54, 1.807) is 14.2 Å². The number of anilines is 1. The van der Waals surface area contributed by atoms with Gasteiger partial charge >= 0.3 is 0 Å². The van der Waals surface area contributed by atoms with Gasteiger partial charge in [-0.3, -0.25) is 0 Å². The third-order valence-electron chi connectivity index (χ3n) is 3.34. The number of methoxy groups -OCH3 is 2. The van der Waals surface area contributed by atoms with Crippen LogP contribution in [0, 0.1) is 13.8 Å². The summed E-state index contributed by atoms with van der Waals surface area (Å²) in [5.74, 6) is 2.02. The molecule has 1 N–H and O–H groups in total. The maximum atomic E-state index is 5.41. The molecular weight excluding hydrogens is 268 g/mol. The number of aromatic nitrogens is 3. The van der Waals surface area contributed by atoms with E-state index in [2.05, 4.69) is 20.5 Å². The highest BCUT2D eigenvalue weighted by atomic mass is 16.5. The van der Waals surface area contributed by atoms with Crippen molar-refractivity contribution in [3.05, 3.63) is 35.2 Å². The molecule has 0 radical (unpaired) electrons. The molecule has 2 aromatic rings. The topological polar surface area (TPSA) is 69.2 Å². The van der Waals surface area contributed by atoms with E-state index < -0.39 is 0 Å². The lowest BCUT2D eigenvalue weighted by molar-refractivity contribution is 0.390. The van der Waals surface area contributed by atoms with E-state index >= 15 is 0 Å². The molecule has 0 spiro atoms. The number of hydrogen-bond donors (Lipinski definition) is 1. The van der Waals surface area contributed by atoms with Gasteiger partial charge < -0.3 is 14.8 Å². The quantitative estimate of drug-likeness (QED) is 0.912. The molecule has 1 aromatic heterocycles. The largest absolute Gasteiger partial charge is 0.497 e. The predicted octanol–water partition coefficient (Wildman–Crippen LogP) is 2.68. The Hall–Kier alpha value is -2.37. The Morgan fingerprint density at radius 1 is 1.05 bits per heavy atom. The summed E-state index contributed by atoms with van der Waals surface area (Å²) in [6.07, 6.45) is 0. The van der Waals surface area contributed by atoms with Crippen LogP contribution in [0.3, 0.4) is 0 Å². The van der Waals surface area contributed by atoms with E-state index in [-0.39, 0.29) is 6.04 Å². The molecule has 0 saturated heterocycles. The molecule has 0 saturated carbocycles. The van der Waals surface area contributed by atoms with Gasteiger partial charge in [0.15, 0.2) is 0 Å². The molecule has 1 atom stereocenters. The highest BCUT2D eigenvalue weighted by Gasteiger charge is 2.14. The summed E-state index contributed by atoms with van der Waals surface area (Å²) in [4.78, 5) is 4.38. The summed E-state index contributed by atoms with van der Waals surface area (Å²) < 4.78 is 10.6. The molecule has 21 heavy (non-hydrogen) atoms. The van der Waals surface area contributed by atoms with Crippen molar-refractivity contribution in [1.82, 2.24) is 15.2 Å². The molecule has 0 aliphatic heterocycles. The van der Waals surface area contributed by atoms with E-state index in [4.69, 9.17) is 9.47 Å². The highest BCUT2D eigenvalue weighted by Crippen LogP contribution is 2.30. The molecule has 2 rings (SSSR count). The Bertz CT molecular complexity index is 631. The van der Waals surface area contributed by atoms with Crippen molar-refractivity contribution >= 4 is 5.95 Å². The maximum Gasteiger partial charge on any atom is 0.243 e. The first-order valence-corrected chi connectivity index (χ1v) is 6.71. The van der Waals surface area contributed by atoms with Crippen molar-refractivity contribution in [2.75, 3.05) is 19.5 Å². The van der Waals surface area contributed by atoms with Crippen LogP contribution in [0.25, 0.3) is 0 Å². The van der Waals surface area contributed by atoms with Crippen LogP contribution in [0.4, 0.5) is 5.95 Å². The summed E-state index contributed by atoms with van der Waals surface area (Å²) in [6, 6.07) is 5.70. The fraction of sp³-hybridized carbons (Fsp3) is 0.400. The van der Waals surface area contributed by atoms with Crippen LogP contribution in [-0.2, 0) is 0 Å². The molecule has 112 valence electrons. The number of benzene rings is 1. The Morgan fingerprint density at radius 3 is 2.43 bits per heavy atom. The zero-order valence-electron chi connectivity index (χ0n) is 13.0. The fourth-order valence-electron chi connectivity index (χ4n) is 1.97. The summed E-state index contributed by atoms with van der Waals surface area (Å²) in [5, 5.41) is 11.4. The second-order valence-corrected chi connectivity index (χ2v) is 4.78. The highest BCUT2D eigenvalue weighted by molar-refractivity contribution is 5.45. The molecule has 0 bridgehead atoms. The first-order chi connectivity index (χ1) is 10.0. The second kappa shape index (κ2) is 6.39. The predicted molar refractivity (Wildman–Crippen MR) is 80.9 cm³/mol. The third kappa shape index (κ3) is 3.39. The number of nitrogens with one attached hydrogen (secondary N) is 1. The minimum absolute atomic E-state index is 0.0187. The van der Waals surface area contributed by atoms with Gasteiger partial charge in [0.2, 0.25) is 5.95 Å². The second-order valence-electron chi connectivity index (χ2n) is 4.78. The van der Waals surface area contributed by atoms with Gasteiger partial charge in [-0.25, -0.2) is 4.98 Å². The van der Waals surface area contributed by atoms with Crippen LogP contribution in [0.5, 0.6) is 11.5 Å². The van der Waals surface area contributed by atoms with E-state index in [1.807, 2.05) is 39.0 Å². The lowest BCUT2D eigenvalue weighted by atomic mass is 10.1. The average molecular weight is 288 g/mol. The minimum atomic E-state index is -0.0187. The average Bonchev–Trinajstić information content (AvgIpc) is 2.50. The molecule has 6 nitrogen and oxygen atoms in total. The normalized spacial score (nSPS) is 11.9. The lowest BCUT2D eigenvalue weighted by Crippen LogP contribution is -2.12. The molecule has 6 heteroatoms. The van der Waals surface area contributed by atoms with Gasteiger partial charge in [0.25, 0.3) is 0 Å². The van der Waals surface area contributed by atoms with Crippen molar-refractivity contribution < 1.29 is 9.47 Å². The summed E-state index contributed by atoms with van der Waals surface area (Å²) in [6.45, 7) is 5.81. The number of aryl methyl sites for hydroxylation is 2. The molecule has 0 fully saturated rings.